The number of nitrogens with one attached hydrogen (secondary N) is 1. The third kappa shape index (κ3) is 6.75. The molecule has 1 unspecified atom stereocenters. The average molecular weight is 886 g/mol. The van der Waals surface area contributed by atoms with E-state index >= 15 is 4.39 Å². The highest BCUT2D eigenvalue weighted by Gasteiger charge is 2.67. The number of amides is 5. The van der Waals surface area contributed by atoms with Gasteiger partial charge in [-0.2, -0.15) is 0 Å². The highest BCUT2D eigenvalue weighted by atomic mass is 35.5. The van der Waals surface area contributed by atoms with Gasteiger partial charge >= 0.3 is 0 Å². The molecule has 2 saturated carbocycles. The van der Waals surface area contributed by atoms with Crippen LogP contribution in [0.2, 0.25) is 5.02 Å². The van der Waals surface area contributed by atoms with Crippen molar-refractivity contribution in [2.24, 2.45) is 22.2 Å². The van der Waals surface area contributed by atoms with Crippen LogP contribution in [-0.2, 0) is 16.1 Å². The van der Waals surface area contributed by atoms with Crippen molar-refractivity contribution < 1.29 is 33.1 Å². The number of pyridine rings is 1. The van der Waals surface area contributed by atoms with Crippen molar-refractivity contribution in [2.45, 2.75) is 103 Å². The van der Waals surface area contributed by atoms with Gasteiger partial charge < -0.3 is 14.5 Å². The van der Waals surface area contributed by atoms with Crippen LogP contribution in [0.25, 0.3) is 4.85 Å². The molecule has 5 fully saturated rings. The molecule has 13 nitrogen and oxygen atoms in total. The summed E-state index contributed by atoms with van der Waals surface area (Å²) in [5, 5.41) is 2.54. The summed E-state index contributed by atoms with van der Waals surface area (Å²) >= 11 is 6.30. The van der Waals surface area contributed by atoms with Crippen molar-refractivity contribution in [1.82, 2.24) is 25.0 Å². The zero-order valence-corrected chi connectivity index (χ0v) is 37.1. The first kappa shape index (κ1) is 42.1. The Labute approximate surface area is 376 Å². The third-order valence-electron chi connectivity index (χ3n) is 15.1. The van der Waals surface area contributed by atoms with E-state index in [4.69, 9.17) is 27.9 Å². The van der Waals surface area contributed by atoms with Crippen molar-refractivity contribution in [1.29, 1.82) is 0 Å². The van der Waals surface area contributed by atoms with Gasteiger partial charge in [-0.3, -0.25) is 39.1 Å². The van der Waals surface area contributed by atoms with Crippen LogP contribution in [0.3, 0.4) is 0 Å². The summed E-state index contributed by atoms with van der Waals surface area (Å²) in [7, 11) is 0. The Hall–Kier alpha value is -5.83. The second-order valence-corrected chi connectivity index (χ2v) is 20.4. The highest BCUT2D eigenvalue weighted by Crippen LogP contribution is 2.59. The smallest absolute Gasteiger partial charge is 0.262 e. The Morgan fingerprint density at radius 2 is 1.61 bits per heavy atom. The van der Waals surface area contributed by atoms with Crippen LogP contribution in [0.15, 0.2) is 42.5 Å². The second-order valence-electron chi connectivity index (χ2n) is 20.0. The molecule has 2 aliphatic carbocycles. The van der Waals surface area contributed by atoms with Gasteiger partial charge in [0.05, 0.1) is 46.2 Å². The summed E-state index contributed by atoms with van der Waals surface area (Å²) < 4.78 is 22.1. The second kappa shape index (κ2) is 15.1. The van der Waals surface area contributed by atoms with E-state index < -0.39 is 35.5 Å². The molecule has 1 atom stereocenters. The number of nitrogens with zero attached hydrogens (tertiary/aromatic N) is 6. The molecule has 2 aromatic carbocycles. The SMILES string of the molecule is [C-]#[N+]c1ccc(OC2C(C)(C)C(N3Cc4nc(C#CC5CCC(N6CC7(CCN(c8cc9c(cc8F)C(=O)N(C8CCC(=O)NC8=O)C9=O)C7)C6)CC5)ccc4C3=O)C2(C)C)cc1Cl. The predicted octanol–water partition coefficient (Wildman–Crippen LogP) is 6.79. The van der Waals surface area contributed by atoms with Crippen molar-refractivity contribution in [2.75, 3.05) is 31.1 Å². The summed E-state index contributed by atoms with van der Waals surface area (Å²) in [6.07, 6.45) is 4.81. The molecule has 3 saturated heterocycles. The van der Waals surface area contributed by atoms with E-state index in [0.29, 0.717) is 59.1 Å². The summed E-state index contributed by atoms with van der Waals surface area (Å²) in [6, 6.07) is 10.7. The van der Waals surface area contributed by atoms with Gasteiger partial charge in [0.2, 0.25) is 17.5 Å². The fourth-order valence-electron chi connectivity index (χ4n) is 12.4. The number of imide groups is 2. The Kier molecular flexibility index (Phi) is 9.96. The van der Waals surface area contributed by atoms with Crippen LogP contribution in [0.1, 0.15) is 115 Å². The summed E-state index contributed by atoms with van der Waals surface area (Å²) in [4.78, 5) is 80.2. The van der Waals surface area contributed by atoms with Gasteiger partial charge in [0.25, 0.3) is 17.7 Å². The Balaban J connectivity index is 0.720. The van der Waals surface area contributed by atoms with Crippen LogP contribution in [-0.4, -0.2) is 99.6 Å². The molecule has 330 valence electrons. The number of benzene rings is 2. The number of piperidine rings is 1. The molecule has 5 amide bonds. The number of halogens is 2. The third-order valence-corrected chi connectivity index (χ3v) is 15.4. The number of likely N-dealkylation sites (tertiary alicyclic amines) is 1. The number of ether oxygens (including phenoxy) is 1. The predicted molar refractivity (Wildman–Crippen MR) is 234 cm³/mol. The summed E-state index contributed by atoms with van der Waals surface area (Å²) in [6.45, 7) is 19.3. The molecule has 3 aromatic rings. The molecule has 10 rings (SSSR count). The van der Waals surface area contributed by atoms with Gasteiger partial charge in [0.1, 0.15) is 29.4 Å². The van der Waals surface area contributed by atoms with Gasteiger partial charge in [-0.05, 0) is 80.8 Å². The molecule has 0 bridgehead atoms. The van der Waals surface area contributed by atoms with Gasteiger partial charge in [-0.25, -0.2) is 14.2 Å². The number of hydrogen-bond acceptors (Lipinski definition) is 9. The maximum Gasteiger partial charge on any atom is 0.262 e. The minimum atomic E-state index is -1.10. The number of carbonyl (C=O) groups is 5. The topological polar surface area (TPSA) is 137 Å². The summed E-state index contributed by atoms with van der Waals surface area (Å²) in [5.41, 5.74) is 2.01. The van der Waals surface area contributed by atoms with Crippen LogP contribution in [0.4, 0.5) is 15.8 Å². The highest BCUT2D eigenvalue weighted by molar-refractivity contribution is 6.33. The largest absolute Gasteiger partial charge is 0.489 e. The Bertz CT molecular complexity index is 2650. The normalized spacial score (nSPS) is 27.6. The van der Waals surface area contributed by atoms with E-state index in [-0.39, 0.29) is 64.2 Å². The minimum Gasteiger partial charge on any atom is -0.489 e. The molecule has 7 aliphatic rings. The van der Waals surface area contributed by atoms with Crippen molar-refractivity contribution in [3.05, 3.63) is 92.8 Å². The van der Waals surface area contributed by atoms with E-state index in [1.165, 1.54) is 6.07 Å². The zero-order chi connectivity index (χ0) is 45.0. The standard InChI is InChI=1S/C49H49ClFN7O6/c1-47(2)45(48(3,4)46(47)64-30-13-15-36(52-5)34(50)20-30)57-23-37-31(42(57)61)14-10-28(53-37)9-6-27-7-11-29(12-8-27)56-25-49(26-56)18-19-55(24-49)39-22-33-32(21-35(39)51)43(62)58(44(33)63)38-16-17-40(59)54-41(38)60/h10,13-15,20-22,27,29,38,45-46H,7-8,11-12,16-19,23-26H2,1-4H3,(H,54,59,60). The molecule has 15 heteroatoms. The Morgan fingerprint density at radius 3 is 2.30 bits per heavy atom. The molecular formula is C49H49ClFN7O6. The van der Waals surface area contributed by atoms with Crippen molar-refractivity contribution in [3.8, 4) is 17.6 Å². The lowest BCUT2D eigenvalue weighted by Gasteiger charge is -2.65. The number of anilines is 1. The van der Waals surface area contributed by atoms with Crippen LogP contribution in [0.5, 0.6) is 5.75 Å². The maximum absolute atomic E-state index is 15.6. The number of hydrogen-bond donors (Lipinski definition) is 1. The van der Waals surface area contributed by atoms with E-state index in [9.17, 15) is 24.0 Å². The molecular weight excluding hydrogens is 837 g/mol. The van der Waals surface area contributed by atoms with E-state index in [2.05, 4.69) is 54.6 Å². The molecule has 0 radical (unpaired) electrons. The average Bonchev–Trinajstić information content (AvgIpc) is 3.90. The fourth-order valence-corrected chi connectivity index (χ4v) is 12.7. The van der Waals surface area contributed by atoms with E-state index in [0.717, 1.165) is 61.9 Å². The first-order valence-corrected chi connectivity index (χ1v) is 22.6. The van der Waals surface area contributed by atoms with Gasteiger partial charge in [0.15, 0.2) is 0 Å². The molecule has 1 N–H and O–H groups in total. The molecule has 1 spiro atoms. The van der Waals surface area contributed by atoms with Gasteiger partial charge in [-0.15, -0.1) is 0 Å². The monoisotopic (exact) mass is 885 g/mol. The lowest BCUT2D eigenvalue weighted by Crippen LogP contribution is -2.74. The first-order chi connectivity index (χ1) is 30.5. The van der Waals surface area contributed by atoms with Crippen LogP contribution in [0, 0.1) is 46.4 Å². The van der Waals surface area contributed by atoms with Crippen molar-refractivity contribution in [3.63, 3.8) is 0 Å². The molecule has 6 heterocycles. The minimum absolute atomic E-state index is 0.0177. The fraction of sp³-hybridized carbons (Fsp3) is 0.490. The zero-order valence-electron chi connectivity index (χ0n) is 36.3. The number of aromatic nitrogens is 1. The Morgan fingerprint density at radius 1 is 0.891 bits per heavy atom. The maximum atomic E-state index is 15.6. The van der Waals surface area contributed by atoms with Crippen molar-refractivity contribution >= 4 is 52.5 Å². The summed E-state index contributed by atoms with van der Waals surface area (Å²) in [5.74, 6) is 4.57. The quantitative estimate of drug-likeness (QED) is 0.161. The van der Waals surface area contributed by atoms with Gasteiger partial charge in [0, 0.05) is 66.8 Å². The first-order valence-electron chi connectivity index (χ1n) is 22.2. The number of fused-ring (bicyclic) bond motifs is 2. The van der Waals surface area contributed by atoms with Crippen LogP contribution >= 0.6 is 11.6 Å². The number of rotatable bonds is 6. The molecule has 64 heavy (non-hydrogen) atoms. The van der Waals surface area contributed by atoms with E-state index in [1.807, 2.05) is 21.9 Å². The number of carbonyl (C=O) groups excluding carboxylic acids is 5. The van der Waals surface area contributed by atoms with Gasteiger partial charge in [-0.1, -0.05) is 51.3 Å². The lowest BCUT2D eigenvalue weighted by molar-refractivity contribution is -0.199. The van der Waals surface area contributed by atoms with Crippen LogP contribution < -0.4 is 15.0 Å². The molecule has 1 aromatic heterocycles. The van der Waals surface area contributed by atoms with E-state index in [1.54, 1.807) is 18.2 Å². The lowest BCUT2D eigenvalue weighted by atomic mass is 9.49. The molecule has 5 aliphatic heterocycles.